The van der Waals surface area contributed by atoms with Crippen molar-refractivity contribution in [3.63, 3.8) is 0 Å². The zero-order valence-electron chi connectivity index (χ0n) is 12.9. The molecule has 25 heavy (non-hydrogen) atoms. The van der Waals surface area contributed by atoms with Gasteiger partial charge in [0.2, 0.25) is 12.7 Å². The quantitative estimate of drug-likeness (QED) is 0.524. The lowest BCUT2D eigenvalue weighted by Gasteiger charge is -1.97. The van der Waals surface area contributed by atoms with E-state index >= 15 is 0 Å². The zero-order chi connectivity index (χ0) is 17.1. The molecule has 2 aromatic carbocycles. The molecular weight excluding hydrogens is 329 g/mol. The third-order valence-electron chi connectivity index (χ3n) is 3.42. The molecule has 0 N–H and O–H groups in total. The van der Waals surface area contributed by atoms with Crippen LogP contribution in [0.5, 0.6) is 11.5 Å². The summed E-state index contributed by atoms with van der Waals surface area (Å²) in [5, 5.41) is 11.6. The normalized spacial score (nSPS) is 12.7. The van der Waals surface area contributed by atoms with Crippen molar-refractivity contribution in [2.45, 2.75) is 6.61 Å². The second-order valence-electron chi connectivity index (χ2n) is 5.13. The van der Waals surface area contributed by atoms with E-state index < -0.39 is 0 Å². The van der Waals surface area contributed by atoms with Gasteiger partial charge in [0.25, 0.3) is 5.89 Å². The van der Waals surface area contributed by atoms with Crippen LogP contribution in [-0.4, -0.2) is 23.2 Å². The summed E-state index contributed by atoms with van der Waals surface area (Å²) in [7, 11) is 0. The van der Waals surface area contributed by atoms with E-state index in [1.165, 1.54) is 12.1 Å². The van der Waals surface area contributed by atoms with Crippen LogP contribution in [0.3, 0.4) is 0 Å². The van der Waals surface area contributed by atoms with Crippen LogP contribution in [0.25, 0.3) is 11.5 Å². The van der Waals surface area contributed by atoms with Crippen LogP contribution in [-0.2, 0) is 11.4 Å². The molecule has 0 radical (unpaired) electrons. The van der Waals surface area contributed by atoms with E-state index in [0.29, 0.717) is 23.0 Å². The van der Waals surface area contributed by atoms with Gasteiger partial charge in [0.05, 0.1) is 6.21 Å². The Bertz CT molecular complexity index is 909. The molecule has 0 fully saturated rings. The molecule has 1 aromatic heterocycles. The van der Waals surface area contributed by atoms with E-state index in [9.17, 15) is 4.39 Å². The molecule has 1 aliphatic rings. The molecule has 7 nitrogen and oxygen atoms in total. The van der Waals surface area contributed by atoms with Crippen LogP contribution >= 0.6 is 0 Å². The Balaban J connectivity index is 1.35. The average molecular weight is 341 g/mol. The van der Waals surface area contributed by atoms with Gasteiger partial charge in [-0.3, -0.25) is 0 Å². The lowest BCUT2D eigenvalue weighted by atomic mass is 10.2. The predicted molar refractivity (Wildman–Crippen MR) is 84.6 cm³/mol. The molecule has 0 saturated heterocycles. The van der Waals surface area contributed by atoms with Crippen LogP contribution < -0.4 is 9.47 Å². The minimum Gasteiger partial charge on any atom is -0.454 e. The number of benzene rings is 2. The van der Waals surface area contributed by atoms with Gasteiger partial charge >= 0.3 is 0 Å². The van der Waals surface area contributed by atoms with Gasteiger partial charge in [0.1, 0.15) is 5.82 Å². The van der Waals surface area contributed by atoms with Crippen molar-refractivity contribution in [3.05, 3.63) is 59.7 Å². The first-order chi connectivity index (χ1) is 12.3. The van der Waals surface area contributed by atoms with E-state index in [2.05, 4.69) is 15.4 Å². The van der Waals surface area contributed by atoms with Crippen molar-refractivity contribution < 1.29 is 23.1 Å². The highest BCUT2D eigenvalue weighted by Gasteiger charge is 2.12. The Morgan fingerprint density at radius 3 is 2.80 bits per heavy atom. The van der Waals surface area contributed by atoms with E-state index in [4.69, 9.17) is 18.7 Å². The molecule has 2 heterocycles. The third kappa shape index (κ3) is 3.42. The Hall–Kier alpha value is -3.42. The molecule has 3 aromatic rings. The standard InChI is InChI=1S/C17H12FN3O4/c18-13-4-2-12(3-5-13)17-21-20-16(25-17)9-24-19-8-11-1-6-14-15(7-11)23-10-22-14/h1-8H,9-10H2/b19-8+. The van der Waals surface area contributed by atoms with Gasteiger partial charge in [-0.1, -0.05) is 5.16 Å². The molecule has 0 saturated carbocycles. The fourth-order valence-electron chi connectivity index (χ4n) is 2.21. The van der Waals surface area contributed by atoms with Crippen LogP contribution in [0.15, 0.2) is 52.0 Å². The summed E-state index contributed by atoms with van der Waals surface area (Å²) in [6, 6.07) is 11.2. The van der Waals surface area contributed by atoms with Crippen molar-refractivity contribution in [1.29, 1.82) is 0 Å². The molecule has 8 heteroatoms. The van der Waals surface area contributed by atoms with Gasteiger partial charge in [-0.05, 0) is 42.5 Å². The summed E-state index contributed by atoms with van der Waals surface area (Å²) in [4.78, 5) is 5.15. The fraction of sp³-hybridized carbons (Fsp3) is 0.118. The summed E-state index contributed by atoms with van der Waals surface area (Å²) >= 11 is 0. The minimum absolute atomic E-state index is 0.0231. The maximum Gasteiger partial charge on any atom is 0.257 e. The number of aromatic nitrogens is 2. The maximum absolute atomic E-state index is 12.9. The average Bonchev–Trinajstić information content (AvgIpc) is 3.28. The zero-order valence-corrected chi connectivity index (χ0v) is 12.9. The number of halogens is 1. The second-order valence-corrected chi connectivity index (χ2v) is 5.13. The smallest absolute Gasteiger partial charge is 0.257 e. The molecule has 0 bridgehead atoms. The third-order valence-corrected chi connectivity index (χ3v) is 3.42. The molecule has 0 spiro atoms. The Morgan fingerprint density at radius 2 is 1.92 bits per heavy atom. The van der Waals surface area contributed by atoms with Crippen molar-refractivity contribution >= 4 is 6.21 Å². The first-order valence-corrected chi connectivity index (χ1v) is 7.41. The maximum atomic E-state index is 12.9. The van der Waals surface area contributed by atoms with Gasteiger partial charge in [0, 0.05) is 11.1 Å². The lowest BCUT2D eigenvalue weighted by Crippen LogP contribution is -1.93. The summed E-state index contributed by atoms with van der Waals surface area (Å²) < 4.78 is 28.9. The van der Waals surface area contributed by atoms with E-state index in [0.717, 1.165) is 5.56 Å². The molecule has 0 amide bonds. The predicted octanol–water partition coefficient (Wildman–Crippen LogP) is 3.16. The van der Waals surface area contributed by atoms with Gasteiger partial charge in [-0.25, -0.2) is 4.39 Å². The number of ether oxygens (including phenoxy) is 2. The summed E-state index contributed by atoms with van der Waals surface area (Å²) in [6.07, 6.45) is 1.54. The molecule has 0 aliphatic carbocycles. The summed E-state index contributed by atoms with van der Waals surface area (Å²) in [6.45, 7) is 0.245. The van der Waals surface area contributed by atoms with Crippen molar-refractivity contribution in [2.75, 3.05) is 6.79 Å². The molecule has 0 atom stereocenters. The van der Waals surface area contributed by atoms with Gasteiger partial charge in [0.15, 0.2) is 18.1 Å². The van der Waals surface area contributed by atoms with E-state index in [-0.39, 0.29) is 25.1 Å². The monoisotopic (exact) mass is 341 g/mol. The number of fused-ring (bicyclic) bond motifs is 1. The van der Waals surface area contributed by atoms with Crippen molar-refractivity contribution in [3.8, 4) is 23.0 Å². The Morgan fingerprint density at radius 1 is 1.08 bits per heavy atom. The second kappa shape index (κ2) is 6.60. The topological polar surface area (TPSA) is 79.0 Å². The highest BCUT2D eigenvalue weighted by atomic mass is 19.1. The highest BCUT2D eigenvalue weighted by Crippen LogP contribution is 2.32. The van der Waals surface area contributed by atoms with Crippen LogP contribution in [0.1, 0.15) is 11.5 Å². The van der Waals surface area contributed by atoms with Crippen LogP contribution in [0, 0.1) is 5.82 Å². The molecule has 4 rings (SSSR count). The Kier molecular flexibility index (Phi) is 3.99. The molecule has 1 aliphatic heterocycles. The number of oxime groups is 1. The lowest BCUT2D eigenvalue weighted by molar-refractivity contribution is 0.112. The van der Waals surface area contributed by atoms with Crippen molar-refractivity contribution in [2.24, 2.45) is 5.16 Å². The molecule has 126 valence electrons. The molecular formula is C17H12FN3O4. The summed E-state index contributed by atoms with van der Waals surface area (Å²) in [5.41, 5.74) is 1.44. The Labute approximate surface area is 141 Å². The van der Waals surface area contributed by atoms with Crippen LogP contribution in [0.4, 0.5) is 4.39 Å². The SMILES string of the molecule is Fc1ccc(-c2nnc(CO/N=C/c3ccc4c(c3)OCO4)o2)cc1. The number of hydrogen-bond donors (Lipinski definition) is 0. The van der Waals surface area contributed by atoms with Crippen molar-refractivity contribution in [1.82, 2.24) is 10.2 Å². The van der Waals surface area contributed by atoms with Gasteiger partial charge < -0.3 is 18.7 Å². The number of hydrogen-bond acceptors (Lipinski definition) is 7. The number of rotatable bonds is 5. The first kappa shape index (κ1) is 15.1. The van der Waals surface area contributed by atoms with Gasteiger partial charge in [-0.2, -0.15) is 0 Å². The summed E-state index contributed by atoms with van der Waals surface area (Å²) in [5.74, 6) is 1.60. The minimum atomic E-state index is -0.329. The first-order valence-electron chi connectivity index (χ1n) is 7.41. The van der Waals surface area contributed by atoms with Gasteiger partial charge in [-0.15, -0.1) is 10.2 Å². The highest BCUT2D eigenvalue weighted by molar-refractivity contribution is 5.80. The largest absolute Gasteiger partial charge is 0.454 e. The molecule has 0 unspecified atom stereocenters. The number of nitrogens with zero attached hydrogens (tertiary/aromatic N) is 3. The van der Waals surface area contributed by atoms with E-state index in [1.54, 1.807) is 30.5 Å². The fourth-order valence-corrected chi connectivity index (χ4v) is 2.21. The van der Waals surface area contributed by atoms with E-state index in [1.807, 2.05) is 6.07 Å². The van der Waals surface area contributed by atoms with Crippen LogP contribution in [0.2, 0.25) is 0 Å².